The lowest BCUT2D eigenvalue weighted by Crippen LogP contribution is -2.29. The van der Waals surface area contributed by atoms with Crippen molar-refractivity contribution in [1.82, 2.24) is 0 Å². The zero-order valence-corrected chi connectivity index (χ0v) is 13.6. The third kappa shape index (κ3) is 3.57. The molecule has 1 heterocycles. The smallest absolute Gasteiger partial charge is 0.200 e. The van der Waals surface area contributed by atoms with Gasteiger partial charge in [-0.3, -0.25) is 0 Å². The summed E-state index contributed by atoms with van der Waals surface area (Å²) in [7, 11) is 0. The molecule has 0 radical (unpaired) electrons. The molecule has 1 aromatic rings. The van der Waals surface area contributed by atoms with Crippen LogP contribution in [0.3, 0.4) is 0 Å². The average molecular weight is 322 g/mol. The monoisotopic (exact) mass is 322 g/mol. The maximum Gasteiger partial charge on any atom is 0.200 e. The molecule has 1 aliphatic heterocycles. The van der Waals surface area contributed by atoms with Gasteiger partial charge in [0.05, 0.1) is 19.3 Å². The number of hydrogen-bond acceptors (Lipinski definition) is 2. The second kappa shape index (κ2) is 7.43. The Bertz CT molecular complexity index is 563. The van der Waals surface area contributed by atoms with Gasteiger partial charge in [-0.1, -0.05) is 18.2 Å². The minimum atomic E-state index is -0.854. The molecule has 1 unspecified atom stereocenters. The lowest BCUT2D eigenvalue weighted by molar-refractivity contribution is 0.00895. The van der Waals surface area contributed by atoms with Gasteiger partial charge in [0.15, 0.2) is 11.6 Å². The van der Waals surface area contributed by atoms with Gasteiger partial charge >= 0.3 is 0 Å². The van der Waals surface area contributed by atoms with Crippen molar-refractivity contribution in [2.75, 3.05) is 13.2 Å². The van der Waals surface area contributed by atoms with Gasteiger partial charge in [0.2, 0.25) is 5.82 Å². The Morgan fingerprint density at radius 2 is 1.87 bits per heavy atom. The van der Waals surface area contributed by atoms with Crippen LogP contribution in [0.4, 0.5) is 8.78 Å². The zero-order valence-electron chi connectivity index (χ0n) is 13.6. The van der Waals surface area contributed by atoms with Crippen LogP contribution in [0.15, 0.2) is 24.3 Å². The standard InChI is InChI=1S/C19H24F2O2/c1-2-22-17-11-10-15(18(20)19(17)21)13-6-8-14(9-7-13)16-5-3-4-12-23-16/h3-4,10-11,13-14,16H,2,5-9,12H2,1H3. The fourth-order valence-corrected chi connectivity index (χ4v) is 3.81. The Labute approximate surface area is 136 Å². The van der Waals surface area contributed by atoms with Crippen LogP contribution in [0.1, 0.15) is 50.5 Å². The number of halogens is 2. The van der Waals surface area contributed by atoms with Gasteiger partial charge in [0.1, 0.15) is 0 Å². The predicted octanol–water partition coefficient (Wildman–Crippen LogP) is 4.98. The van der Waals surface area contributed by atoms with E-state index < -0.39 is 11.6 Å². The molecular formula is C19H24F2O2. The normalized spacial score (nSPS) is 27.9. The Morgan fingerprint density at radius 1 is 1.09 bits per heavy atom. The van der Waals surface area contributed by atoms with E-state index in [4.69, 9.17) is 9.47 Å². The maximum absolute atomic E-state index is 14.3. The molecule has 0 N–H and O–H groups in total. The molecule has 0 bridgehead atoms. The highest BCUT2D eigenvalue weighted by Crippen LogP contribution is 2.40. The molecule has 0 saturated heterocycles. The molecule has 0 spiro atoms. The first kappa shape index (κ1) is 16.4. The molecule has 0 aromatic heterocycles. The van der Waals surface area contributed by atoms with E-state index in [0.29, 0.717) is 30.8 Å². The molecule has 3 rings (SSSR count). The van der Waals surface area contributed by atoms with Crippen LogP contribution in [0, 0.1) is 17.6 Å². The van der Waals surface area contributed by atoms with E-state index in [-0.39, 0.29) is 11.7 Å². The van der Waals surface area contributed by atoms with Crippen LogP contribution >= 0.6 is 0 Å². The molecule has 1 saturated carbocycles. The summed E-state index contributed by atoms with van der Waals surface area (Å²) in [4.78, 5) is 0. The molecule has 1 atom stereocenters. The maximum atomic E-state index is 14.3. The third-order valence-corrected chi connectivity index (χ3v) is 5.06. The van der Waals surface area contributed by atoms with Crippen molar-refractivity contribution in [1.29, 1.82) is 0 Å². The Hall–Kier alpha value is -1.42. The molecule has 1 fully saturated rings. The van der Waals surface area contributed by atoms with E-state index >= 15 is 0 Å². The summed E-state index contributed by atoms with van der Waals surface area (Å²) in [5, 5.41) is 0. The summed E-state index contributed by atoms with van der Waals surface area (Å²) in [6.45, 7) is 2.79. The first-order valence-electron chi connectivity index (χ1n) is 8.58. The van der Waals surface area contributed by atoms with Gasteiger partial charge < -0.3 is 9.47 Å². The lowest BCUT2D eigenvalue weighted by Gasteiger charge is -2.34. The number of rotatable bonds is 4. The van der Waals surface area contributed by atoms with Crippen LogP contribution in [0.5, 0.6) is 5.75 Å². The Balaban J connectivity index is 1.65. The van der Waals surface area contributed by atoms with Gasteiger partial charge in [-0.05, 0) is 62.5 Å². The number of ether oxygens (including phenoxy) is 2. The highest BCUT2D eigenvalue weighted by atomic mass is 19.2. The second-order valence-electron chi connectivity index (χ2n) is 6.40. The number of hydrogen-bond donors (Lipinski definition) is 0. The topological polar surface area (TPSA) is 18.5 Å². The molecule has 23 heavy (non-hydrogen) atoms. The minimum Gasteiger partial charge on any atom is -0.491 e. The molecule has 2 aliphatic rings. The van der Waals surface area contributed by atoms with Gasteiger partial charge in [-0.2, -0.15) is 4.39 Å². The Kier molecular flexibility index (Phi) is 5.31. The zero-order chi connectivity index (χ0) is 16.2. The highest BCUT2D eigenvalue weighted by Gasteiger charge is 2.31. The largest absolute Gasteiger partial charge is 0.491 e. The molecule has 2 nitrogen and oxygen atoms in total. The van der Waals surface area contributed by atoms with Crippen LogP contribution in [-0.2, 0) is 4.74 Å². The predicted molar refractivity (Wildman–Crippen MR) is 85.7 cm³/mol. The van der Waals surface area contributed by atoms with E-state index in [9.17, 15) is 8.78 Å². The average Bonchev–Trinajstić information content (AvgIpc) is 2.60. The van der Waals surface area contributed by atoms with E-state index in [1.54, 1.807) is 19.1 Å². The van der Waals surface area contributed by atoms with Crippen LogP contribution in [0.2, 0.25) is 0 Å². The molecular weight excluding hydrogens is 298 g/mol. The minimum absolute atomic E-state index is 0.00447. The molecule has 126 valence electrons. The van der Waals surface area contributed by atoms with Crippen LogP contribution in [-0.4, -0.2) is 19.3 Å². The SMILES string of the molecule is CCOc1ccc(C2CCC(C3CC=CCO3)CC2)c(F)c1F. The van der Waals surface area contributed by atoms with Gasteiger partial charge in [0, 0.05) is 0 Å². The number of benzene rings is 1. The first-order valence-corrected chi connectivity index (χ1v) is 8.58. The van der Waals surface area contributed by atoms with Crippen molar-refractivity contribution in [3.8, 4) is 5.75 Å². The van der Waals surface area contributed by atoms with Gasteiger partial charge in [-0.15, -0.1) is 0 Å². The first-order chi connectivity index (χ1) is 11.2. The second-order valence-corrected chi connectivity index (χ2v) is 6.40. The van der Waals surface area contributed by atoms with Crippen molar-refractivity contribution < 1.29 is 18.3 Å². The highest BCUT2D eigenvalue weighted by molar-refractivity contribution is 5.33. The van der Waals surface area contributed by atoms with E-state index in [0.717, 1.165) is 32.1 Å². The summed E-state index contributed by atoms with van der Waals surface area (Å²) >= 11 is 0. The van der Waals surface area contributed by atoms with Crippen molar-refractivity contribution in [3.05, 3.63) is 41.5 Å². The van der Waals surface area contributed by atoms with E-state index in [1.165, 1.54) is 0 Å². The van der Waals surface area contributed by atoms with E-state index in [2.05, 4.69) is 12.2 Å². The fraction of sp³-hybridized carbons (Fsp3) is 0.579. The van der Waals surface area contributed by atoms with E-state index in [1.807, 2.05) is 0 Å². The van der Waals surface area contributed by atoms with Gasteiger partial charge in [-0.25, -0.2) is 4.39 Å². The summed E-state index contributed by atoms with van der Waals surface area (Å²) in [6, 6.07) is 3.24. The summed E-state index contributed by atoms with van der Waals surface area (Å²) in [5.74, 6) is -0.962. The summed E-state index contributed by atoms with van der Waals surface area (Å²) in [5.41, 5.74) is 0.494. The van der Waals surface area contributed by atoms with Crippen LogP contribution < -0.4 is 4.74 Å². The van der Waals surface area contributed by atoms with Crippen molar-refractivity contribution in [3.63, 3.8) is 0 Å². The Morgan fingerprint density at radius 3 is 2.52 bits per heavy atom. The molecule has 1 aliphatic carbocycles. The van der Waals surface area contributed by atoms with Crippen LogP contribution in [0.25, 0.3) is 0 Å². The summed E-state index contributed by atoms with van der Waals surface area (Å²) < 4.78 is 39.3. The molecule has 0 amide bonds. The quantitative estimate of drug-likeness (QED) is 0.728. The van der Waals surface area contributed by atoms with Crippen molar-refractivity contribution in [2.24, 2.45) is 5.92 Å². The summed E-state index contributed by atoms with van der Waals surface area (Å²) in [6.07, 6.45) is 9.30. The fourth-order valence-electron chi connectivity index (χ4n) is 3.81. The lowest BCUT2D eigenvalue weighted by atomic mass is 9.75. The molecule has 4 heteroatoms. The third-order valence-electron chi connectivity index (χ3n) is 5.06. The van der Waals surface area contributed by atoms with Gasteiger partial charge in [0.25, 0.3) is 0 Å². The van der Waals surface area contributed by atoms with Crippen molar-refractivity contribution in [2.45, 2.75) is 51.0 Å². The molecule has 1 aromatic carbocycles. The van der Waals surface area contributed by atoms with Crippen molar-refractivity contribution >= 4 is 0 Å².